The number of aromatic nitrogens is 2. The number of thioether (sulfide) groups is 1. The molecule has 0 bridgehead atoms. The Kier molecular flexibility index (Phi) is 4.51. The van der Waals surface area contributed by atoms with Gasteiger partial charge in [-0.15, -0.1) is 0 Å². The fourth-order valence-corrected chi connectivity index (χ4v) is 7.51. The number of sulfone groups is 1. The second-order valence-corrected chi connectivity index (χ2v) is 10.6. The Bertz CT molecular complexity index is 1150. The fraction of sp³-hybridized carbons (Fsp3) is 0.300. The van der Waals surface area contributed by atoms with Crippen LogP contribution >= 0.6 is 11.8 Å². The highest BCUT2D eigenvalue weighted by molar-refractivity contribution is 8.15. The van der Waals surface area contributed by atoms with E-state index in [1.165, 1.54) is 0 Å². The number of anilines is 1. The van der Waals surface area contributed by atoms with Gasteiger partial charge >= 0.3 is 0 Å². The average Bonchev–Trinajstić information content (AvgIpc) is 3.36. The van der Waals surface area contributed by atoms with Gasteiger partial charge in [0.1, 0.15) is 11.6 Å². The lowest BCUT2D eigenvalue weighted by Gasteiger charge is -2.24. The van der Waals surface area contributed by atoms with Crippen LogP contribution in [0.1, 0.15) is 5.82 Å². The quantitative estimate of drug-likeness (QED) is 0.688. The molecule has 0 aliphatic carbocycles. The van der Waals surface area contributed by atoms with E-state index in [4.69, 9.17) is 14.7 Å². The first-order valence-electron chi connectivity index (χ1n) is 9.31. The second-order valence-electron chi connectivity index (χ2n) is 7.20. The van der Waals surface area contributed by atoms with Gasteiger partial charge in [-0.3, -0.25) is 4.99 Å². The van der Waals surface area contributed by atoms with E-state index < -0.39 is 9.84 Å². The zero-order chi connectivity index (χ0) is 20.0. The standard InChI is InChI=1S/C20H20N4O3S2/c1-27-14-8-6-13(7-9-14)24(10-19-21-15-4-2-3-5-16(15)22-19)20-23-17-11-29(25,26)12-18(17)28-20/h2-9,17-18H,10-12H2,1H3,(H,21,22)/t17-,18+/m0/s1. The zero-order valence-electron chi connectivity index (χ0n) is 15.8. The van der Waals surface area contributed by atoms with Crippen molar-refractivity contribution < 1.29 is 13.2 Å². The van der Waals surface area contributed by atoms with E-state index in [0.29, 0.717) is 6.54 Å². The first kappa shape index (κ1) is 18.5. The number of aliphatic imine (C=N–C) groups is 1. The van der Waals surface area contributed by atoms with Crippen molar-refractivity contribution in [1.29, 1.82) is 0 Å². The summed E-state index contributed by atoms with van der Waals surface area (Å²) >= 11 is 1.55. The number of amidine groups is 1. The number of nitrogens with one attached hydrogen (secondary N) is 1. The summed E-state index contributed by atoms with van der Waals surface area (Å²) in [6, 6.07) is 15.5. The number of nitrogens with zero attached hydrogens (tertiary/aromatic N) is 3. The van der Waals surface area contributed by atoms with Gasteiger partial charge in [-0.1, -0.05) is 23.9 Å². The maximum atomic E-state index is 11.9. The minimum Gasteiger partial charge on any atom is -0.497 e. The van der Waals surface area contributed by atoms with Gasteiger partial charge in [0.2, 0.25) is 0 Å². The maximum Gasteiger partial charge on any atom is 0.164 e. The van der Waals surface area contributed by atoms with Crippen LogP contribution in [-0.4, -0.2) is 53.5 Å². The predicted octanol–water partition coefficient (Wildman–Crippen LogP) is 2.85. The molecule has 1 saturated heterocycles. The van der Waals surface area contributed by atoms with Crippen LogP contribution in [0.25, 0.3) is 11.0 Å². The van der Waals surface area contributed by atoms with Crippen molar-refractivity contribution >= 4 is 43.5 Å². The Morgan fingerprint density at radius 1 is 1.17 bits per heavy atom. The minimum absolute atomic E-state index is 0.00794. The molecule has 3 aromatic rings. The molecule has 0 spiro atoms. The van der Waals surface area contributed by atoms with E-state index >= 15 is 0 Å². The molecule has 0 saturated carbocycles. The topological polar surface area (TPSA) is 87.7 Å². The van der Waals surface area contributed by atoms with Crippen molar-refractivity contribution in [3.05, 3.63) is 54.4 Å². The Morgan fingerprint density at radius 2 is 1.97 bits per heavy atom. The Hall–Kier alpha value is -2.52. The zero-order valence-corrected chi connectivity index (χ0v) is 17.4. The molecule has 2 aromatic carbocycles. The molecule has 3 heterocycles. The SMILES string of the molecule is COc1ccc(N(Cc2nc3ccccc3[nH]2)C2=N[C@H]3CS(=O)(=O)C[C@H]3S2)cc1. The van der Waals surface area contributed by atoms with Crippen LogP contribution in [0.3, 0.4) is 0 Å². The number of imidazole rings is 1. The highest BCUT2D eigenvalue weighted by atomic mass is 32.2. The number of H-pyrrole nitrogens is 1. The fourth-order valence-electron chi connectivity index (χ4n) is 3.73. The number of methoxy groups -OCH3 is 1. The number of ether oxygens (including phenoxy) is 1. The van der Waals surface area contributed by atoms with E-state index in [1.807, 2.05) is 48.5 Å². The van der Waals surface area contributed by atoms with Gasteiger partial charge in [0.15, 0.2) is 15.0 Å². The number of para-hydroxylation sites is 2. The third-order valence-corrected chi connectivity index (χ3v) is 8.41. The highest BCUT2D eigenvalue weighted by Gasteiger charge is 2.44. The largest absolute Gasteiger partial charge is 0.497 e. The smallest absolute Gasteiger partial charge is 0.164 e. The van der Waals surface area contributed by atoms with E-state index in [2.05, 4.69) is 9.88 Å². The number of benzene rings is 2. The van der Waals surface area contributed by atoms with Gasteiger partial charge in [-0.2, -0.15) is 0 Å². The summed E-state index contributed by atoms with van der Waals surface area (Å²) in [5.74, 6) is 1.93. The molecule has 29 heavy (non-hydrogen) atoms. The Balaban J connectivity index is 1.49. The molecular formula is C20H20N4O3S2. The first-order chi connectivity index (χ1) is 14.0. The Morgan fingerprint density at radius 3 is 2.69 bits per heavy atom. The molecule has 0 unspecified atom stereocenters. The number of hydrogen-bond donors (Lipinski definition) is 1. The Labute approximate surface area is 173 Å². The van der Waals surface area contributed by atoms with E-state index in [9.17, 15) is 8.42 Å². The monoisotopic (exact) mass is 428 g/mol. The lowest BCUT2D eigenvalue weighted by atomic mass is 10.2. The van der Waals surface area contributed by atoms with E-state index in [1.54, 1.807) is 18.9 Å². The van der Waals surface area contributed by atoms with Crippen LogP contribution in [0.5, 0.6) is 5.75 Å². The van der Waals surface area contributed by atoms with Crippen LogP contribution in [0, 0.1) is 0 Å². The summed E-state index contributed by atoms with van der Waals surface area (Å²) < 4.78 is 29.1. The summed E-state index contributed by atoms with van der Waals surface area (Å²) in [7, 11) is -1.35. The molecule has 5 rings (SSSR count). The van der Waals surface area contributed by atoms with Crippen LogP contribution in [0.15, 0.2) is 53.5 Å². The molecule has 1 N–H and O–H groups in total. The highest BCUT2D eigenvalue weighted by Crippen LogP contribution is 2.37. The maximum absolute atomic E-state index is 11.9. The number of aromatic amines is 1. The third kappa shape index (κ3) is 3.60. The molecule has 1 aromatic heterocycles. The summed E-state index contributed by atoms with van der Waals surface area (Å²) in [5, 5.41) is 0.826. The number of fused-ring (bicyclic) bond motifs is 2. The predicted molar refractivity (Wildman–Crippen MR) is 117 cm³/mol. The van der Waals surface area contributed by atoms with Gasteiger partial charge in [-0.05, 0) is 36.4 Å². The molecule has 2 aliphatic rings. The summed E-state index contributed by atoms with van der Waals surface area (Å²) in [6.07, 6.45) is 0. The molecule has 7 nitrogen and oxygen atoms in total. The molecule has 150 valence electrons. The molecule has 2 atom stereocenters. The molecule has 0 radical (unpaired) electrons. The van der Waals surface area contributed by atoms with Gasteiger partial charge in [0.05, 0.1) is 42.2 Å². The summed E-state index contributed by atoms with van der Waals surface area (Å²) in [4.78, 5) is 14.9. The van der Waals surface area contributed by atoms with Crippen LogP contribution < -0.4 is 9.64 Å². The van der Waals surface area contributed by atoms with Crippen molar-refractivity contribution in [2.75, 3.05) is 23.5 Å². The van der Waals surface area contributed by atoms with E-state index in [-0.39, 0.29) is 22.8 Å². The average molecular weight is 429 g/mol. The molecule has 2 aliphatic heterocycles. The number of hydrogen-bond acceptors (Lipinski definition) is 7. The van der Waals surface area contributed by atoms with Crippen molar-refractivity contribution in [3.8, 4) is 5.75 Å². The third-order valence-electron chi connectivity index (χ3n) is 5.17. The summed E-state index contributed by atoms with van der Waals surface area (Å²) in [6.45, 7) is 0.513. The van der Waals surface area contributed by atoms with Gasteiger partial charge < -0.3 is 14.6 Å². The second kappa shape index (κ2) is 7.07. The molecule has 0 amide bonds. The summed E-state index contributed by atoms with van der Waals surface area (Å²) in [5.41, 5.74) is 2.86. The van der Waals surface area contributed by atoms with Gasteiger partial charge in [0.25, 0.3) is 0 Å². The lowest BCUT2D eigenvalue weighted by molar-refractivity contribution is 0.415. The van der Waals surface area contributed by atoms with Crippen molar-refractivity contribution in [2.45, 2.75) is 17.8 Å². The van der Waals surface area contributed by atoms with Crippen LogP contribution in [-0.2, 0) is 16.4 Å². The minimum atomic E-state index is -2.99. The molecule has 9 heteroatoms. The van der Waals surface area contributed by atoms with Crippen molar-refractivity contribution in [2.24, 2.45) is 4.99 Å². The number of rotatable bonds is 4. The first-order valence-corrected chi connectivity index (χ1v) is 12.0. The lowest BCUT2D eigenvalue weighted by Crippen LogP contribution is -2.28. The van der Waals surface area contributed by atoms with Crippen molar-refractivity contribution in [3.63, 3.8) is 0 Å². The van der Waals surface area contributed by atoms with Crippen LogP contribution in [0.4, 0.5) is 5.69 Å². The van der Waals surface area contributed by atoms with Gasteiger partial charge in [-0.25, -0.2) is 13.4 Å². The van der Waals surface area contributed by atoms with Crippen molar-refractivity contribution in [1.82, 2.24) is 9.97 Å². The van der Waals surface area contributed by atoms with Gasteiger partial charge in [0, 0.05) is 10.9 Å². The molecular weight excluding hydrogens is 408 g/mol. The molecule has 1 fully saturated rings. The van der Waals surface area contributed by atoms with E-state index in [0.717, 1.165) is 33.5 Å². The normalized spacial score (nSPS) is 22.4. The van der Waals surface area contributed by atoms with Crippen LogP contribution in [0.2, 0.25) is 0 Å².